The van der Waals surface area contributed by atoms with Crippen molar-refractivity contribution in [3.8, 4) is 0 Å². The summed E-state index contributed by atoms with van der Waals surface area (Å²) in [4.78, 5) is 13.7. The molecule has 80 valence electrons. The quantitative estimate of drug-likeness (QED) is 0.789. The van der Waals surface area contributed by atoms with Crippen molar-refractivity contribution in [1.29, 1.82) is 0 Å². The first-order valence-electron chi connectivity index (χ1n) is 5.34. The fraction of sp³-hybridized carbons (Fsp3) is 0.417. The molecule has 0 aromatic heterocycles. The number of nitrogens with zero attached hydrogens (tertiary/aromatic N) is 1. The summed E-state index contributed by atoms with van der Waals surface area (Å²) in [6.45, 7) is 0.817. The van der Waals surface area contributed by atoms with E-state index in [9.17, 15) is 4.79 Å². The molecule has 15 heavy (non-hydrogen) atoms. The largest absolute Gasteiger partial charge is 0.363 e. The predicted octanol–water partition coefficient (Wildman–Crippen LogP) is 1.40. The number of nitrogens with one attached hydrogen (secondary N) is 1. The number of carbonyl (C=O) groups is 1. The topological polar surface area (TPSA) is 32.3 Å². The van der Waals surface area contributed by atoms with E-state index >= 15 is 0 Å². The maximum atomic E-state index is 11.7. The minimum atomic E-state index is -0.0128. The number of piperidine rings is 1. The summed E-state index contributed by atoms with van der Waals surface area (Å²) in [5, 5.41) is 2.90. The molecule has 1 N–H and O–H groups in total. The van der Waals surface area contributed by atoms with E-state index in [-0.39, 0.29) is 11.9 Å². The molecular weight excluding hydrogens is 188 g/mol. The Balaban J connectivity index is 2.13. The molecule has 0 spiro atoms. The number of hydrogen-bond donors (Lipinski definition) is 1. The van der Waals surface area contributed by atoms with Gasteiger partial charge in [-0.05, 0) is 25.0 Å². The van der Waals surface area contributed by atoms with Crippen LogP contribution >= 0.6 is 0 Å². The average molecular weight is 204 g/mol. The summed E-state index contributed by atoms with van der Waals surface area (Å²) >= 11 is 0. The van der Waals surface area contributed by atoms with Gasteiger partial charge in [-0.25, -0.2) is 0 Å². The Hall–Kier alpha value is -1.51. The summed E-state index contributed by atoms with van der Waals surface area (Å²) in [6, 6.07) is 10.0. The van der Waals surface area contributed by atoms with Gasteiger partial charge in [-0.3, -0.25) is 4.79 Å². The second-order valence-corrected chi connectivity index (χ2v) is 3.90. The van der Waals surface area contributed by atoms with Gasteiger partial charge in [-0.2, -0.15) is 0 Å². The second kappa shape index (κ2) is 4.34. The van der Waals surface area contributed by atoms with Gasteiger partial charge in [0.25, 0.3) is 0 Å². The molecule has 1 saturated heterocycles. The molecule has 1 aromatic carbocycles. The van der Waals surface area contributed by atoms with Gasteiger partial charge in [-0.15, -0.1) is 0 Å². The number of benzene rings is 1. The van der Waals surface area contributed by atoms with Gasteiger partial charge in [0.05, 0.1) is 0 Å². The Morgan fingerprint density at radius 2 is 2.07 bits per heavy atom. The van der Waals surface area contributed by atoms with Gasteiger partial charge in [0.1, 0.15) is 6.04 Å². The molecular formula is C12H16N2O. The number of likely N-dealkylation sites (N-methyl/N-ethyl adjacent to an activating group) is 1. The number of amides is 1. The van der Waals surface area contributed by atoms with Crippen molar-refractivity contribution in [2.75, 3.05) is 18.5 Å². The zero-order valence-corrected chi connectivity index (χ0v) is 8.94. The predicted molar refractivity (Wildman–Crippen MR) is 60.9 cm³/mol. The third kappa shape index (κ3) is 2.12. The third-order valence-corrected chi connectivity index (χ3v) is 2.89. The van der Waals surface area contributed by atoms with Crippen LogP contribution in [0.2, 0.25) is 0 Å². The van der Waals surface area contributed by atoms with Crippen molar-refractivity contribution in [3.63, 3.8) is 0 Å². The summed E-state index contributed by atoms with van der Waals surface area (Å²) < 4.78 is 0. The fourth-order valence-electron chi connectivity index (χ4n) is 1.97. The van der Waals surface area contributed by atoms with E-state index in [1.807, 2.05) is 37.4 Å². The first-order chi connectivity index (χ1) is 7.29. The highest BCUT2D eigenvalue weighted by Gasteiger charge is 2.25. The van der Waals surface area contributed by atoms with Gasteiger partial charge in [0.2, 0.25) is 5.91 Å². The molecule has 1 atom stereocenters. The van der Waals surface area contributed by atoms with Crippen LogP contribution in [0, 0.1) is 0 Å². The van der Waals surface area contributed by atoms with E-state index in [0.29, 0.717) is 0 Å². The number of carbonyl (C=O) groups excluding carboxylic acids is 1. The Bertz CT molecular complexity index is 337. The molecule has 1 heterocycles. The molecule has 1 aromatic rings. The van der Waals surface area contributed by atoms with Crippen molar-refractivity contribution in [3.05, 3.63) is 30.3 Å². The highest BCUT2D eigenvalue weighted by atomic mass is 16.2. The summed E-state index contributed by atoms with van der Waals surface area (Å²) in [5.41, 5.74) is 1.10. The normalized spacial score (nSPS) is 20.9. The van der Waals surface area contributed by atoms with Crippen LogP contribution in [0.4, 0.5) is 5.69 Å². The van der Waals surface area contributed by atoms with Crippen LogP contribution in [0.3, 0.4) is 0 Å². The summed E-state index contributed by atoms with van der Waals surface area (Å²) in [7, 11) is 1.98. The van der Waals surface area contributed by atoms with Crippen molar-refractivity contribution < 1.29 is 4.79 Å². The van der Waals surface area contributed by atoms with Crippen molar-refractivity contribution >= 4 is 11.6 Å². The van der Waals surface area contributed by atoms with Crippen LogP contribution in [-0.4, -0.2) is 25.5 Å². The Kier molecular flexibility index (Phi) is 2.90. The lowest BCUT2D eigenvalue weighted by atomic mass is 10.0. The maximum absolute atomic E-state index is 11.7. The summed E-state index contributed by atoms with van der Waals surface area (Å²) in [5.74, 6) is 0.146. The van der Waals surface area contributed by atoms with Crippen molar-refractivity contribution in [2.24, 2.45) is 0 Å². The van der Waals surface area contributed by atoms with Crippen LogP contribution in [0.25, 0.3) is 0 Å². The van der Waals surface area contributed by atoms with E-state index in [1.54, 1.807) is 0 Å². The van der Waals surface area contributed by atoms with Gasteiger partial charge in [0.15, 0.2) is 0 Å². The lowest BCUT2D eigenvalue weighted by molar-refractivity contribution is -0.123. The second-order valence-electron chi connectivity index (χ2n) is 3.90. The van der Waals surface area contributed by atoms with Gasteiger partial charge in [0, 0.05) is 19.3 Å². The SMILES string of the molecule is CN(c1ccccc1)C1CCCNC1=O. The molecule has 1 aliphatic heterocycles. The highest BCUT2D eigenvalue weighted by molar-refractivity contribution is 5.85. The van der Waals surface area contributed by atoms with Crippen LogP contribution in [0.1, 0.15) is 12.8 Å². The molecule has 1 amide bonds. The number of rotatable bonds is 2. The minimum absolute atomic E-state index is 0.0128. The lowest BCUT2D eigenvalue weighted by Gasteiger charge is -2.31. The van der Waals surface area contributed by atoms with E-state index < -0.39 is 0 Å². The van der Waals surface area contributed by atoms with E-state index in [1.165, 1.54) is 0 Å². The third-order valence-electron chi connectivity index (χ3n) is 2.89. The van der Waals surface area contributed by atoms with Crippen LogP contribution in [0.15, 0.2) is 30.3 Å². The molecule has 1 unspecified atom stereocenters. The zero-order valence-electron chi connectivity index (χ0n) is 8.94. The summed E-state index contributed by atoms with van der Waals surface area (Å²) in [6.07, 6.45) is 2.00. The number of para-hydroxylation sites is 1. The molecule has 0 aliphatic carbocycles. The van der Waals surface area contributed by atoms with Crippen molar-refractivity contribution in [2.45, 2.75) is 18.9 Å². The Morgan fingerprint density at radius 1 is 1.33 bits per heavy atom. The van der Waals surface area contributed by atoms with Crippen LogP contribution in [-0.2, 0) is 4.79 Å². The Morgan fingerprint density at radius 3 is 2.73 bits per heavy atom. The highest BCUT2D eigenvalue weighted by Crippen LogP contribution is 2.18. The molecule has 0 saturated carbocycles. The van der Waals surface area contributed by atoms with Gasteiger partial charge in [-0.1, -0.05) is 18.2 Å². The van der Waals surface area contributed by atoms with E-state index in [0.717, 1.165) is 25.1 Å². The Labute approximate surface area is 90.1 Å². The zero-order chi connectivity index (χ0) is 10.7. The first kappa shape index (κ1) is 10.0. The lowest BCUT2D eigenvalue weighted by Crippen LogP contribution is -2.49. The smallest absolute Gasteiger partial charge is 0.242 e. The maximum Gasteiger partial charge on any atom is 0.242 e. The minimum Gasteiger partial charge on any atom is -0.363 e. The standard InChI is InChI=1S/C12H16N2O/c1-14(10-6-3-2-4-7-10)11-8-5-9-13-12(11)15/h2-4,6-7,11H,5,8-9H2,1H3,(H,13,15). The molecule has 3 nitrogen and oxygen atoms in total. The van der Waals surface area contributed by atoms with Crippen molar-refractivity contribution in [1.82, 2.24) is 5.32 Å². The number of hydrogen-bond acceptors (Lipinski definition) is 2. The van der Waals surface area contributed by atoms with E-state index in [4.69, 9.17) is 0 Å². The first-order valence-corrected chi connectivity index (χ1v) is 5.34. The van der Waals surface area contributed by atoms with Crippen LogP contribution in [0.5, 0.6) is 0 Å². The molecule has 0 bridgehead atoms. The van der Waals surface area contributed by atoms with E-state index in [2.05, 4.69) is 10.2 Å². The molecule has 1 fully saturated rings. The van der Waals surface area contributed by atoms with Gasteiger partial charge >= 0.3 is 0 Å². The molecule has 0 radical (unpaired) electrons. The fourth-order valence-corrected chi connectivity index (χ4v) is 1.97. The van der Waals surface area contributed by atoms with Crippen LogP contribution < -0.4 is 10.2 Å². The molecule has 2 rings (SSSR count). The average Bonchev–Trinajstić information content (AvgIpc) is 2.30. The van der Waals surface area contributed by atoms with Gasteiger partial charge < -0.3 is 10.2 Å². The number of anilines is 1. The molecule has 3 heteroatoms. The molecule has 1 aliphatic rings. The monoisotopic (exact) mass is 204 g/mol.